The Balaban J connectivity index is 0.00000240. The number of hydrogen-bond donors (Lipinski definition) is 2. The lowest BCUT2D eigenvalue weighted by Gasteiger charge is -2.30. The first-order valence-electron chi connectivity index (χ1n) is 9.65. The first kappa shape index (κ1) is 21.4. The highest BCUT2D eigenvalue weighted by molar-refractivity contribution is 5.88. The predicted octanol–water partition coefficient (Wildman–Crippen LogP) is 3.57. The molecule has 1 aliphatic heterocycles. The van der Waals surface area contributed by atoms with Crippen LogP contribution in [0.4, 0.5) is 10.2 Å². The lowest BCUT2D eigenvalue weighted by molar-refractivity contribution is 0.137. The van der Waals surface area contributed by atoms with E-state index in [0.717, 1.165) is 24.2 Å². The number of piperidine rings is 1. The minimum absolute atomic E-state index is 0. The Morgan fingerprint density at radius 1 is 1.28 bits per heavy atom. The van der Waals surface area contributed by atoms with Gasteiger partial charge in [-0.05, 0) is 46.2 Å². The fraction of sp³-hybridized carbons (Fsp3) is 0.500. The smallest absolute Gasteiger partial charge is 0.155 e. The van der Waals surface area contributed by atoms with Crippen LogP contribution in [0.5, 0.6) is 0 Å². The molecule has 4 rings (SSSR count). The van der Waals surface area contributed by atoms with E-state index in [-0.39, 0.29) is 24.5 Å². The van der Waals surface area contributed by atoms with Crippen molar-refractivity contribution >= 4 is 29.3 Å². The molecular weight excluding hydrogens is 393 g/mol. The van der Waals surface area contributed by atoms with Crippen molar-refractivity contribution in [3.63, 3.8) is 0 Å². The van der Waals surface area contributed by atoms with Gasteiger partial charge in [-0.25, -0.2) is 14.4 Å². The van der Waals surface area contributed by atoms with Crippen molar-refractivity contribution in [3.05, 3.63) is 30.9 Å². The van der Waals surface area contributed by atoms with Crippen LogP contribution in [0.3, 0.4) is 0 Å². The molecule has 7 nitrogen and oxygen atoms in total. The molecule has 156 valence electrons. The first-order valence-corrected chi connectivity index (χ1v) is 9.65. The van der Waals surface area contributed by atoms with Crippen molar-refractivity contribution in [3.8, 4) is 11.3 Å². The average molecular weight is 420 g/mol. The Bertz CT molecular complexity index is 976. The number of pyridine rings is 1. The zero-order valence-electron chi connectivity index (χ0n) is 16.9. The Morgan fingerprint density at radius 3 is 2.76 bits per heavy atom. The predicted molar refractivity (Wildman–Crippen MR) is 115 cm³/mol. The summed E-state index contributed by atoms with van der Waals surface area (Å²) >= 11 is 0. The third-order valence-corrected chi connectivity index (χ3v) is 5.02. The normalized spacial score (nSPS) is 19.7. The van der Waals surface area contributed by atoms with Crippen LogP contribution in [-0.2, 0) is 5.54 Å². The van der Waals surface area contributed by atoms with E-state index in [2.05, 4.69) is 46.5 Å². The summed E-state index contributed by atoms with van der Waals surface area (Å²) in [5, 5.41) is 10.8. The molecule has 0 amide bonds. The number of aromatic nitrogens is 5. The fourth-order valence-electron chi connectivity index (χ4n) is 3.39. The van der Waals surface area contributed by atoms with Crippen molar-refractivity contribution < 1.29 is 4.39 Å². The summed E-state index contributed by atoms with van der Waals surface area (Å²) in [6.07, 6.45) is 8.40. The zero-order chi connectivity index (χ0) is 19.8. The van der Waals surface area contributed by atoms with E-state index in [9.17, 15) is 0 Å². The van der Waals surface area contributed by atoms with Gasteiger partial charge in [-0.15, -0.1) is 12.4 Å². The molecule has 1 aliphatic rings. The number of hydrogen-bond acceptors (Lipinski definition) is 6. The molecule has 9 heteroatoms. The first-order chi connectivity index (χ1) is 13.3. The van der Waals surface area contributed by atoms with Crippen molar-refractivity contribution in [1.82, 2.24) is 30.0 Å². The Hall–Kier alpha value is -2.32. The number of fused-ring (bicyclic) bond motifs is 1. The monoisotopic (exact) mass is 419 g/mol. The summed E-state index contributed by atoms with van der Waals surface area (Å²) in [4.78, 5) is 13.5. The van der Waals surface area contributed by atoms with E-state index < -0.39 is 5.67 Å². The number of nitrogens with one attached hydrogen (secondary N) is 2. The van der Waals surface area contributed by atoms with Crippen LogP contribution in [-0.4, -0.2) is 50.0 Å². The molecule has 1 saturated heterocycles. The van der Waals surface area contributed by atoms with Gasteiger partial charge in [-0.1, -0.05) is 0 Å². The second kappa shape index (κ2) is 8.20. The van der Waals surface area contributed by atoms with E-state index in [0.29, 0.717) is 29.8 Å². The molecule has 0 radical (unpaired) electrons. The molecule has 0 spiro atoms. The van der Waals surface area contributed by atoms with E-state index in [1.807, 2.05) is 16.9 Å². The molecule has 29 heavy (non-hydrogen) atoms. The van der Waals surface area contributed by atoms with E-state index >= 15 is 4.39 Å². The SMILES string of the molecule is CC(C)(C)n1cc(-c2cc3nccnc3c(NC[C@]3(F)CCCNC3)n2)cn1.Cl. The van der Waals surface area contributed by atoms with Gasteiger partial charge in [-0.2, -0.15) is 5.10 Å². The number of rotatable bonds is 4. The van der Waals surface area contributed by atoms with E-state index in [4.69, 9.17) is 4.98 Å². The summed E-state index contributed by atoms with van der Waals surface area (Å²) in [5.74, 6) is 0.548. The van der Waals surface area contributed by atoms with Crippen LogP contribution < -0.4 is 10.6 Å². The van der Waals surface area contributed by atoms with Crippen molar-refractivity contribution in [2.75, 3.05) is 25.0 Å². The standard InChI is InChI=1S/C20H26FN7.ClH/c1-19(2,3)28-11-14(10-26-28)15-9-16-17(24-8-7-23-16)18(27-15)25-13-20(21)5-4-6-22-12-20;/h7-11,22H,4-6,12-13H2,1-3H3,(H,25,27);1H/t20-;/m0./s1. The second-order valence-electron chi connectivity index (χ2n) is 8.41. The van der Waals surface area contributed by atoms with Gasteiger partial charge in [-0.3, -0.25) is 9.67 Å². The molecule has 3 aromatic rings. The lowest BCUT2D eigenvalue weighted by Crippen LogP contribution is -2.46. The molecule has 3 aromatic heterocycles. The zero-order valence-corrected chi connectivity index (χ0v) is 17.8. The Morgan fingerprint density at radius 2 is 2.07 bits per heavy atom. The van der Waals surface area contributed by atoms with Crippen molar-refractivity contribution in [1.29, 1.82) is 0 Å². The highest BCUT2D eigenvalue weighted by atomic mass is 35.5. The number of halogens is 2. The van der Waals surface area contributed by atoms with Crippen LogP contribution in [0.25, 0.3) is 22.3 Å². The van der Waals surface area contributed by atoms with Crippen molar-refractivity contribution in [2.24, 2.45) is 0 Å². The number of nitrogens with zero attached hydrogens (tertiary/aromatic N) is 5. The van der Waals surface area contributed by atoms with Gasteiger partial charge >= 0.3 is 0 Å². The molecule has 4 heterocycles. The van der Waals surface area contributed by atoms with Gasteiger partial charge in [0.25, 0.3) is 0 Å². The second-order valence-corrected chi connectivity index (χ2v) is 8.41. The van der Waals surface area contributed by atoms with Gasteiger partial charge in [0.15, 0.2) is 5.82 Å². The van der Waals surface area contributed by atoms with Gasteiger partial charge in [0, 0.05) is 30.7 Å². The molecule has 0 bridgehead atoms. The lowest BCUT2D eigenvalue weighted by atomic mass is 9.96. The molecule has 2 N–H and O–H groups in total. The highest BCUT2D eigenvalue weighted by Gasteiger charge is 2.31. The number of anilines is 1. The van der Waals surface area contributed by atoms with Crippen molar-refractivity contribution in [2.45, 2.75) is 44.8 Å². The van der Waals surface area contributed by atoms with E-state index in [1.165, 1.54) is 0 Å². The van der Waals surface area contributed by atoms with Crippen LogP contribution in [0.2, 0.25) is 0 Å². The number of alkyl halides is 1. The highest BCUT2D eigenvalue weighted by Crippen LogP contribution is 2.28. The van der Waals surface area contributed by atoms with Crippen LogP contribution >= 0.6 is 12.4 Å². The summed E-state index contributed by atoms with van der Waals surface area (Å²) in [7, 11) is 0. The summed E-state index contributed by atoms with van der Waals surface area (Å²) < 4.78 is 16.9. The average Bonchev–Trinajstić information content (AvgIpc) is 3.17. The van der Waals surface area contributed by atoms with Gasteiger partial charge in [0.2, 0.25) is 0 Å². The fourth-order valence-corrected chi connectivity index (χ4v) is 3.39. The maximum Gasteiger partial charge on any atom is 0.155 e. The summed E-state index contributed by atoms with van der Waals surface area (Å²) in [6.45, 7) is 7.68. The summed E-state index contributed by atoms with van der Waals surface area (Å²) in [5.41, 5.74) is 1.57. The maximum absolute atomic E-state index is 15.0. The van der Waals surface area contributed by atoms with Crippen LogP contribution in [0.1, 0.15) is 33.6 Å². The van der Waals surface area contributed by atoms with Gasteiger partial charge in [0.05, 0.1) is 29.5 Å². The molecule has 1 fully saturated rings. The van der Waals surface area contributed by atoms with E-state index in [1.54, 1.807) is 18.6 Å². The minimum atomic E-state index is -1.29. The molecule has 0 aromatic carbocycles. The molecule has 0 unspecified atom stereocenters. The van der Waals surface area contributed by atoms with Gasteiger partial charge in [0.1, 0.15) is 11.2 Å². The van der Waals surface area contributed by atoms with Crippen LogP contribution in [0.15, 0.2) is 30.9 Å². The quantitative estimate of drug-likeness (QED) is 0.672. The third kappa shape index (κ3) is 4.64. The third-order valence-electron chi connectivity index (χ3n) is 5.02. The molecule has 0 aliphatic carbocycles. The van der Waals surface area contributed by atoms with Gasteiger partial charge < -0.3 is 10.6 Å². The summed E-state index contributed by atoms with van der Waals surface area (Å²) in [6, 6.07) is 1.89. The minimum Gasteiger partial charge on any atom is -0.365 e. The molecular formula is C20H27ClFN7. The maximum atomic E-state index is 15.0. The molecule has 0 saturated carbocycles. The topological polar surface area (TPSA) is 80.5 Å². The Labute approximate surface area is 175 Å². The largest absolute Gasteiger partial charge is 0.365 e. The Kier molecular flexibility index (Phi) is 6.05. The molecule has 1 atom stereocenters. The van der Waals surface area contributed by atoms with Crippen LogP contribution in [0, 0.1) is 0 Å².